The van der Waals surface area contributed by atoms with Gasteiger partial charge in [-0.05, 0) is 49.9 Å². The number of hydrogen-bond donors (Lipinski definition) is 1. The molecule has 0 radical (unpaired) electrons. The SMILES string of the molecule is CCCC1CCC(CCCC(C)(C)C)(C(=O)O)CC1. The van der Waals surface area contributed by atoms with Crippen LogP contribution in [0.25, 0.3) is 0 Å². The summed E-state index contributed by atoms with van der Waals surface area (Å²) in [6.45, 7) is 8.93. The molecule has 1 saturated carbocycles. The summed E-state index contributed by atoms with van der Waals surface area (Å²) in [6.07, 6.45) is 9.60. The summed E-state index contributed by atoms with van der Waals surface area (Å²) in [6, 6.07) is 0. The van der Waals surface area contributed by atoms with Crippen molar-refractivity contribution in [2.24, 2.45) is 16.7 Å². The van der Waals surface area contributed by atoms with Gasteiger partial charge in [0.05, 0.1) is 5.41 Å². The van der Waals surface area contributed by atoms with Crippen LogP contribution in [0.1, 0.15) is 85.5 Å². The van der Waals surface area contributed by atoms with Crippen LogP contribution in [0.3, 0.4) is 0 Å². The minimum absolute atomic E-state index is 0.319. The van der Waals surface area contributed by atoms with Gasteiger partial charge in [0.1, 0.15) is 0 Å². The van der Waals surface area contributed by atoms with Crippen LogP contribution < -0.4 is 0 Å². The molecule has 0 unspecified atom stereocenters. The Hall–Kier alpha value is -0.530. The number of hydrogen-bond acceptors (Lipinski definition) is 1. The number of rotatable bonds is 6. The van der Waals surface area contributed by atoms with Crippen molar-refractivity contribution in [1.29, 1.82) is 0 Å². The minimum Gasteiger partial charge on any atom is -0.481 e. The van der Waals surface area contributed by atoms with E-state index in [0.717, 1.165) is 50.9 Å². The lowest BCUT2D eigenvalue weighted by atomic mass is 9.66. The highest BCUT2D eigenvalue weighted by atomic mass is 16.4. The predicted octanol–water partition coefficient (Wildman–Crippen LogP) is 5.26. The molecule has 0 aromatic heterocycles. The van der Waals surface area contributed by atoms with E-state index in [4.69, 9.17) is 0 Å². The Kier molecular flexibility index (Phi) is 5.88. The molecule has 0 heterocycles. The molecule has 0 bridgehead atoms. The summed E-state index contributed by atoms with van der Waals surface area (Å²) in [5.41, 5.74) is -0.0887. The zero-order chi connectivity index (χ0) is 14.5. The second kappa shape index (κ2) is 6.76. The van der Waals surface area contributed by atoms with Gasteiger partial charge in [-0.25, -0.2) is 0 Å². The second-order valence-electron chi connectivity index (χ2n) is 7.73. The average molecular weight is 268 g/mol. The Morgan fingerprint density at radius 2 is 1.84 bits per heavy atom. The minimum atomic E-state index is -0.545. The third-order valence-electron chi connectivity index (χ3n) is 4.79. The highest BCUT2D eigenvalue weighted by Gasteiger charge is 2.41. The highest BCUT2D eigenvalue weighted by Crippen LogP contribution is 2.44. The van der Waals surface area contributed by atoms with Crippen molar-refractivity contribution in [3.8, 4) is 0 Å². The van der Waals surface area contributed by atoms with Gasteiger partial charge in [0.2, 0.25) is 0 Å². The first kappa shape index (κ1) is 16.5. The fourth-order valence-electron chi connectivity index (χ4n) is 3.46. The van der Waals surface area contributed by atoms with Gasteiger partial charge in [0.25, 0.3) is 0 Å². The van der Waals surface area contributed by atoms with Crippen LogP contribution in [-0.2, 0) is 4.79 Å². The predicted molar refractivity (Wildman–Crippen MR) is 80.2 cm³/mol. The molecule has 0 aromatic rings. The van der Waals surface area contributed by atoms with Gasteiger partial charge in [0, 0.05) is 0 Å². The second-order valence-corrected chi connectivity index (χ2v) is 7.73. The van der Waals surface area contributed by atoms with Crippen molar-refractivity contribution in [2.45, 2.75) is 85.5 Å². The average Bonchev–Trinajstić information content (AvgIpc) is 2.30. The smallest absolute Gasteiger partial charge is 0.309 e. The van der Waals surface area contributed by atoms with Gasteiger partial charge >= 0.3 is 5.97 Å². The topological polar surface area (TPSA) is 37.3 Å². The van der Waals surface area contributed by atoms with Crippen LogP contribution in [-0.4, -0.2) is 11.1 Å². The highest BCUT2D eigenvalue weighted by molar-refractivity contribution is 5.74. The summed E-state index contributed by atoms with van der Waals surface area (Å²) in [5.74, 6) is 0.233. The van der Waals surface area contributed by atoms with Gasteiger partial charge in [-0.2, -0.15) is 0 Å². The Bertz CT molecular complexity index is 280. The normalized spacial score (nSPS) is 28.3. The lowest BCUT2D eigenvalue weighted by Gasteiger charge is -2.37. The Morgan fingerprint density at radius 3 is 2.26 bits per heavy atom. The van der Waals surface area contributed by atoms with Crippen molar-refractivity contribution >= 4 is 5.97 Å². The fraction of sp³-hybridized carbons (Fsp3) is 0.941. The van der Waals surface area contributed by atoms with Gasteiger partial charge in [0.15, 0.2) is 0 Å². The fourth-order valence-corrected chi connectivity index (χ4v) is 3.46. The van der Waals surface area contributed by atoms with Crippen molar-refractivity contribution in [3.63, 3.8) is 0 Å². The molecule has 1 fully saturated rings. The number of aliphatic carboxylic acids is 1. The third kappa shape index (κ3) is 5.16. The largest absolute Gasteiger partial charge is 0.481 e. The zero-order valence-electron chi connectivity index (χ0n) is 13.3. The standard InChI is InChI=1S/C17H32O2/c1-5-7-14-8-12-17(13-9-14,15(18)19)11-6-10-16(2,3)4/h14H,5-13H2,1-4H3,(H,18,19). The monoisotopic (exact) mass is 268 g/mol. The van der Waals surface area contributed by atoms with Crippen LogP contribution in [0.15, 0.2) is 0 Å². The molecule has 1 rings (SSSR count). The molecule has 0 atom stereocenters. The molecule has 0 spiro atoms. The lowest BCUT2D eigenvalue weighted by molar-refractivity contribution is -0.152. The molecular weight excluding hydrogens is 236 g/mol. The quantitative estimate of drug-likeness (QED) is 0.713. The molecule has 1 aliphatic rings. The molecule has 19 heavy (non-hydrogen) atoms. The van der Waals surface area contributed by atoms with Gasteiger partial charge in [-0.3, -0.25) is 4.79 Å². The Balaban J connectivity index is 2.51. The summed E-state index contributed by atoms with van der Waals surface area (Å²) in [4.78, 5) is 11.7. The van der Waals surface area contributed by atoms with Crippen LogP contribution >= 0.6 is 0 Å². The first-order valence-electron chi connectivity index (χ1n) is 8.02. The molecule has 0 amide bonds. The molecular formula is C17H32O2. The summed E-state index contributed by atoms with van der Waals surface area (Å²) in [7, 11) is 0. The molecule has 0 aromatic carbocycles. The molecule has 1 aliphatic carbocycles. The molecule has 2 heteroatoms. The maximum atomic E-state index is 11.7. The van der Waals surface area contributed by atoms with E-state index in [1.54, 1.807) is 0 Å². The molecule has 0 saturated heterocycles. The summed E-state index contributed by atoms with van der Waals surface area (Å²) >= 11 is 0. The van der Waals surface area contributed by atoms with Crippen LogP contribution in [0.5, 0.6) is 0 Å². The van der Waals surface area contributed by atoms with Crippen molar-refractivity contribution in [3.05, 3.63) is 0 Å². The van der Waals surface area contributed by atoms with E-state index < -0.39 is 11.4 Å². The first-order chi connectivity index (χ1) is 8.79. The van der Waals surface area contributed by atoms with Gasteiger partial charge in [-0.15, -0.1) is 0 Å². The molecule has 112 valence electrons. The van der Waals surface area contributed by atoms with E-state index in [1.807, 2.05) is 0 Å². The summed E-state index contributed by atoms with van der Waals surface area (Å²) < 4.78 is 0. The lowest BCUT2D eigenvalue weighted by Crippen LogP contribution is -2.35. The maximum Gasteiger partial charge on any atom is 0.309 e. The van der Waals surface area contributed by atoms with Crippen LogP contribution in [0.2, 0.25) is 0 Å². The van der Waals surface area contributed by atoms with E-state index in [1.165, 1.54) is 12.8 Å². The molecule has 0 aliphatic heterocycles. The van der Waals surface area contributed by atoms with E-state index >= 15 is 0 Å². The van der Waals surface area contributed by atoms with E-state index in [9.17, 15) is 9.90 Å². The summed E-state index contributed by atoms with van der Waals surface area (Å²) in [5, 5.41) is 9.63. The van der Waals surface area contributed by atoms with Crippen LogP contribution in [0.4, 0.5) is 0 Å². The van der Waals surface area contributed by atoms with E-state index in [2.05, 4.69) is 27.7 Å². The third-order valence-corrected chi connectivity index (χ3v) is 4.79. The maximum absolute atomic E-state index is 11.7. The molecule has 1 N–H and O–H groups in total. The van der Waals surface area contributed by atoms with Gasteiger partial charge in [-0.1, -0.05) is 47.0 Å². The number of carboxylic acids is 1. The van der Waals surface area contributed by atoms with Crippen molar-refractivity contribution in [2.75, 3.05) is 0 Å². The zero-order valence-corrected chi connectivity index (χ0v) is 13.3. The van der Waals surface area contributed by atoms with Gasteiger partial charge < -0.3 is 5.11 Å². The van der Waals surface area contributed by atoms with E-state index in [-0.39, 0.29) is 0 Å². The number of carboxylic acid groups (broad SMARTS) is 1. The van der Waals surface area contributed by atoms with Crippen molar-refractivity contribution in [1.82, 2.24) is 0 Å². The number of carbonyl (C=O) groups is 1. The van der Waals surface area contributed by atoms with E-state index in [0.29, 0.717) is 5.41 Å². The molecule has 2 nitrogen and oxygen atoms in total. The van der Waals surface area contributed by atoms with Crippen LogP contribution in [0, 0.1) is 16.7 Å². The Labute approximate surface area is 119 Å². The Morgan fingerprint density at radius 1 is 1.26 bits per heavy atom. The first-order valence-corrected chi connectivity index (χ1v) is 8.02. The van der Waals surface area contributed by atoms with Crippen molar-refractivity contribution < 1.29 is 9.90 Å².